The van der Waals surface area contributed by atoms with E-state index in [2.05, 4.69) is 11.9 Å². The van der Waals surface area contributed by atoms with Crippen LogP contribution in [0.25, 0.3) is 5.70 Å². The van der Waals surface area contributed by atoms with E-state index in [-0.39, 0.29) is 30.8 Å². The van der Waals surface area contributed by atoms with Gasteiger partial charge in [-0.2, -0.15) is 0 Å². The van der Waals surface area contributed by atoms with Gasteiger partial charge in [0, 0.05) is 23.4 Å². The highest BCUT2D eigenvalue weighted by Crippen LogP contribution is 2.30. The van der Waals surface area contributed by atoms with Crippen molar-refractivity contribution in [2.75, 3.05) is 13.1 Å². The number of carbonyl (C=O) groups is 2. The Kier molecular flexibility index (Phi) is 4.37. The Bertz CT molecular complexity index is 585. The first-order chi connectivity index (χ1) is 10.2. The van der Waals surface area contributed by atoms with Crippen LogP contribution in [0.2, 0.25) is 0 Å². The van der Waals surface area contributed by atoms with Crippen LogP contribution in [0.15, 0.2) is 30.8 Å². The number of carbonyl (C=O) groups excluding carboxylic acids is 2. The molecule has 1 aromatic carbocycles. The highest BCUT2D eigenvalue weighted by Gasteiger charge is 2.32. The van der Waals surface area contributed by atoms with Crippen LogP contribution in [-0.4, -0.2) is 40.5 Å². The molecule has 118 valence electrons. The highest BCUT2D eigenvalue weighted by atomic mass is 16.3. The van der Waals surface area contributed by atoms with E-state index in [1.165, 1.54) is 4.90 Å². The van der Waals surface area contributed by atoms with Crippen molar-refractivity contribution in [2.45, 2.75) is 26.4 Å². The maximum Gasteiger partial charge on any atom is 0.259 e. The first-order valence-electron chi connectivity index (χ1n) is 7.33. The van der Waals surface area contributed by atoms with Crippen LogP contribution in [0, 0.1) is 5.92 Å². The van der Waals surface area contributed by atoms with Gasteiger partial charge >= 0.3 is 0 Å². The molecule has 0 saturated carbocycles. The standard InChI is InChI=1S/C17H22N2O3/c1-11(2)17(4,22)10-18-15(20)9-19-12(3)13-7-5-6-8-14(13)16(19)21/h5-8,11,22H,3,9-10H2,1-2,4H3,(H,18,20). The summed E-state index contributed by atoms with van der Waals surface area (Å²) in [6.07, 6.45) is 0. The molecular formula is C17H22N2O3. The smallest absolute Gasteiger partial charge is 0.259 e. The second kappa shape index (κ2) is 5.93. The monoisotopic (exact) mass is 302 g/mol. The third kappa shape index (κ3) is 3.04. The minimum atomic E-state index is -0.981. The quantitative estimate of drug-likeness (QED) is 0.868. The van der Waals surface area contributed by atoms with Crippen molar-refractivity contribution >= 4 is 17.5 Å². The molecule has 1 aliphatic rings. The minimum Gasteiger partial charge on any atom is -0.388 e. The Hall–Kier alpha value is -2.14. The van der Waals surface area contributed by atoms with E-state index >= 15 is 0 Å². The topological polar surface area (TPSA) is 69.6 Å². The highest BCUT2D eigenvalue weighted by molar-refractivity contribution is 6.10. The molecule has 0 radical (unpaired) electrons. The zero-order valence-corrected chi connectivity index (χ0v) is 13.2. The lowest BCUT2D eigenvalue weighted by atomic mass is 9.92. The molecule has 1 atom stereocenters. The van der Waals surface area contributed by atoms with E-state index in [1.807, 2.05) is 26.0 Å². The van der Waals surface area contributed by atoms with Crippen LogP contribution in [0.1, 0.15) is 36.7 Å². The average Bonchev–Trinajstić information content (AvgIpc) is 2.71. The fraction of sp³-hybridized carbons (Fsp3) is 0.412. The van der Waals surface area contributed by atoms with Gasteiger partial charge in [-0.05, 0) is 18.9 Å². The van der Waals surface area contributed by atoms with E-state index in [0.29, 0.717) is 11.3 Å². The summed E-state index contributed by atoms with van der Waals surface area (Å²) in [6, 6.07) is 7.16. The molecule has 2 amide bonds. The first kappa shape index (κ1) is 16.2. The summed E-state index contributed by atoms with van der Waals surface area (Å²) in [4.78, 5) is 25.7. The molecule has 5 nitrogen and oxygen atoms in total. The summed E-state index contributed by atoms with van der Waals surface area (Å²) in [7, 11) is 0. The summed E-state index contributed by atoms with van der Waals surface area (Å²) in [6.45, 7) is 9.38. The predicted molar refractivity (Wildman–Crippen MR) is 85.0 cm³/mol. The first-order valence-corrected chi connectivity index (χ1v) is 7.33. The molecule has 0 spiro atoms. The van der Waals surface area contributed by atoms with E-state index in [1.54, 1.807) is 19.1 Å². The summed E-state index contributed by atoms with van der Waals surface area (Å²) >= 11 is 0. The molecule has 0 fully saturated rings. The third-order valence-electron chi connectivity index (χ3n) is 4.23. The van der Waals surface area contributed by atoms with Crippen LogP contribution in [-0.2, 0) is 4.79 Å². The average molecular weight is 302 g/mol. The number of fused-ring (bicyclic) bond motifs is 1. The molecule has 0 aliphatic carbocycles. The molecule has 5 heteroatoms. The molecule has 1 unspecified atom stereocenters. The predicted octanol–water partition coefficient (Wildman–Crippen LogP) is 1.64. The van der Waals surface area contributed by atoms with E-state index in [4.69, 9.17) is 0 Å². The maximum atomic E-state index is 12.3. The lowest BCUT2D eigenvalue weighted by Gasteiger charge is -2.28. The molecule has 2 N–H and O–H groups in total. The third-order valence-corrected chi connectivity index (χ3v) is 4.23. The van der Waals surface area contributed by atoms with Gasteiger partial charge in [-0.15, -0.1) is 0 Å². The summed E-state index contributed by atoms with van der Waals surface area (Å²) in [5.41, 5.74) is 0.875. The largest absolute Gasteiger partial charge is 0.388 e. The SMILES string of the molecule is C=C1c2ccccc2C(=O)N1CC(=O)NCC(C)(O)C(C)C. The molecule has 2 rings (SSSR count). The van der Waals surface area contributed by atoms with Gasteiger partial charge in [-0.1, -0.05) is 38.6 Å². The van der Waals surface area contributed by atoms with E-state index in [0.717, 1.165) is 5.56 Å². The van der Waals surface area contributed by atoms with Crippen LogP contribution < -0.4 is 5.32 Å². The number of hydrogen-bond acceptors (Lipinski definition) is 3. The van der Waals surface area contributed by atoms with Crippen molar-refractivity contribution in [3.8, 4) is 0 Å². The van der Waals surface area contributed by atoms with Crippen molar-refractivity contribution in [1.29, 1.82) is 0 Å². The van der Waals surface area contributed by atoms with Gasteiger partial charge in [0.25, 0.3) is 5.91 Å². The number of nitrogens with zero attached hydrogens (tertiary/aromatic N) is 1. The number of benzene rings is 1. The molecule has 1 aliphatic heterocycles. The Morgan fingerprint density at radius 3 is 2.50 bits per heavy atom. The fourth-order valence-electron chi connectivity index (χ4n) is 2.18. The molecule has 0 saturated heterocycles. The van der Waals surface area contributed by atoms with Crippen LogP contribution >= 0.6 is 0 Å². The van der Waals surface area contributed by atoms with Gasteiger partial charge in [-0.3, -0.25) is 14.5 Å². The van der Waals surface area contributed by atoms with Crippen molar-refractivity contribution in [1.82, 2.24) is 10.2 Å². The lowest BCUT2D eigenvalue weighted by Crippen LogP contribution is -2.47. The number of nitrogens with one attached hydrogen (secondary N) is 1. The van der Waals surface area contributed by atoms with E-state index in [9.17, 15) is 14.7 Å². The van der Waals surface area contributed by atoms with Crippen molar-refractivity contribution < 1.29 is 14.7 Å². The zero-order valence-electron chi connectivity index (χ0n) is 13.2. The Morgan fingerprint density at radius 1 is 1.36 bits per heavy atom. The Balaban J connectivity index is 1.99. The number of amides is 2. The van der Waals surface area contributed by atoms with Gasteiger partial charge in [0.1, 0.15) is 6.54 Å². The second-order valence-corrected chi connectivity index (χ2v) is 6.17. The molecule has 22 heavy (non-hydrogen) atoms. The molecular weight excluding hydrogens is 280 g/mol. The molecule has 0 bridgehead atoms. The molecule has 1 heterocycles. The van der Waals surface area contributed by atoms with Gasteiger partial charge in [0.05, 0.1) is 5.60 Å². The van der Waals surface area contributed by atoms with Crippen LogP contribution in [0.4, 0.5) is 0 Å². The van der Waals surface area contributed by atoms with E-state index < -0.39 is 5.60 Å². The summed E-state index contributed by atoms with van der Waals surface area (Å²) < 4.78 is 0. The molecule has 0 aromatic heterocycles. The lowest BCUT2D eigenvalue weighted by molar-refractivity contribution is -0.122. The van der Waals surface area contributed by atoms with Gasteiger partial charge in [0.2, 0.25) is 5.91 Å². The number of rotatable bonds is 5. The summed E-state index contributed by atoms with van der Waals surface area (Å²) in [5, 5.41) is 12.8. The van der Waals surface area contributed by atoms with Gasteiger partial charge < -0.3 is 10.4 Å². The molecule has 1 aromatic rings. The minimum absolute atomic E-state index is 0.0143. The van der Waals surface area contributed by atoms with Crippen molar-refractivity contribution in [3.05, 3.63) is 42.0 Å². The normalized spacial score (nSPS) is 16.7. The summed E-state index contributed by atoms with van der Waals surface area (Å²) in [5.74, 6) is -0.518. The Labute approximate surface area is 130 Å². The van der Waals surface area contributed by atoms with Crippen molar-refractivity contribution in [2.24, 2.45) is 5.92 Å². The van der Waals surface area contributed by atoms with Gasteiger partial charge in [-0.25, -0.2) is 0 Å². The Morgan fingerprint density at radius 2 is 1.95 bits per heavy atom. The number of hydrogen-bond donors (Lipinski definition) is 2. The maximum absolute atomic E-state index is 12.3. The second-order valence-electron chi connectivity index (χ2n) is 6.17. The van der Waals surface area contributed by atoms with Crippen molar-refractivity contribution in [3.63, 3.8) is 0 Å². The zero-order chi connectivity index (χ0) is 16.5. The van der Waals surface area contributed by atoms with Crippen LogP contribution in [0.5, 0.6) is 0 Å². The fourth-order valence-corrected chi connectivity index (χ4v) is 2.18. The van der Waals surface area contributed by atoms with Gasteiger partial charge in [0.15, 0.2) is 0 Å². The number of aliphatic hydroxyl groups is 1. The van der Waals surface area contributed by atoms with Crippen LogP contribution in [0.3, 0.4) is 0 Å².